The van der Waals surface area contributed by atoms with Gasteiger partial charge in [-0.1, -0.05) is 55.2 Å². The highest BCUT2D eigenvalue weighted by atomic mass is 35.5. The summed E-state index contributed by atoms with van der Waals surface area (Å²) in [6.45, 7) is 8.54. The van der Waals surface area contributed by atoms with E-state index in [1.54, 1.807) is 0 Å². The van der Waals surface area contributed by atoms with Crippen LogP contribution in [0, 0.1) is 12.3 Å². The second-order valence-electron chi connectivity index (χ2n) is 5.41. The Kier molecular flexibility index (Phi) is 7.34. The SMILES string of the molecule is C#C\C=C(/C=C(C)/C1=C(\Cl)C(CC)=CCCC(C)=C1)CC. The first-order chi connectivity index (χ1) is 10.0. The van der Waals surface area contributed by atoms with Gasteiger partial charge in [0.25, 0.3) is 0 Å². The van der Waals surface area contributed by atoms with Crippen molar-refractivity contribution < 1.29 is 0 Å². The second-order valence-corrected chi connectivity index (χ2v) is 5.78. The molecule has 0 bridgehead atoms. The van der Waals surface area contributed by atoms with Gasteiger partial charge in [0, 0.05) is 0 Å². The van der Waals surface area contributed by atoms with Crippen molar-refractivity contribution in [2.24, 2.45) is 0 Å². The lowest BCUT2D eigenvalue weighted by Crippen LogP contribution is -1.96. The molecular formula is C20H25Cl. The summed E-state index contributed by atoms with van der Waals surface area (Å²) in [6.07, 6.45) is 17.9. The minimum atomic E-state index is 0.876. The summed E-state index contributed by atoms with van der Waals surface area (Å²) in [4.78, 5) is 0. The molecule has 0 saturated heterocycles. The van der Waals surface area contributed by atoms with Crippen LogP contribution in [0.5, 0.6) is 0 Å². The Balaban J connectivity index is 3.36. The summed E-state index contributed by atoms with van der Waals surface area (Å²) in [6, 6.07) is 0. The van der Waals surface area contributed by atoms with Gasteiger partial charge >= 0.3 is 0 Å². The van der Waals surface area contributed by atoms with E-state index in [0.717, 1.165) is 41.9 Å². The van der Waals surface area contributed by atoms with Gasteiger partial charge in [0.15, 0.2) is 0 Å². The molecule has 1 rings (SSSR count). The fourth-order valence-corrected chi connectivity index (χ4v) is 2.83. The molecule has 1 aliphatic rings. The molecule has 112 valence electrons. The molecule has 0 aromatic rings. The lowest BCUT2D eigenvalue weighted by molar-refractivity contribution is 0.947. The largest absolute Gasteiger partial charge is 0.115 e. The molecule has 0 fully saturated rings. The molecule has 0 aromatic carbocycles. The fourth-order valence-electron chi connectivity index (χ4n) is 2.41. The van der Waals surface area contributed by atoms with Crippen molar-refractivity contribution in [1.82, 2.24) is 0 Å². The van der Waals surface area contributed by atoms with E-state index < -0.39 is 0 Å². The third-order valence-electron chi connectivity index (χ3n) is 3.72. The van der Waals surface area contributed by atoms with Crippen LogP contribution in [0.25, 0.3) is 0 Å². The topological polar surface area (TPSA) is 0 Å². The van der Waals surface area contributed by atoms with Crippen molar-refractivity contribution >= 4 is 11.6 Å². The van der Waals surface area contributed by atoms with Crippen molar-refractivity contribution in [3.8, 4) is 12.3 Å². The van der Waals surface area contributed by atoms with Crippen LogP contribution in [0.15, 0.2) is 57.2 Å². The Labute approximate surface area is 135 Å². The van der Waals surface area contributed by atoms with Gasteiger partial charge in [0.05, 0.1) is 5.03 Å². The van der Waals surface area contributed by atoms with E-state index in [2.05, 4.69) is 51.8 Å². The van der Waals surface area contributed by atoms with Gasteiger partial charge in [0.1, 0.15) is 0 Å². The smallest absolute Gasteiger partial charge is 0.0509 e. The monoisotopic (exact) mass is 300 g/mol. The van der Waals surface area contributed by atoms with Gasteiger partial charge in [-0.15, -0.1) is 6.42 Å². The van der Waals surface area contributed by atoms with E-state index in [1.807, 2.05) is 6.08 Å². The van der Waals surface area contributed by atoms with Crippen LogP contribution < -0.4 is 0 Å². The lowest BCUT2D eigenvalue weighted by Gasteiger charge is -2.15. The Bertz CT molecular complexity index is 571. The average Bonchev–Trinajstić information content (AvgIpc) is 2.46. The van der Waals surface area contributed by atoms with Crippen LogP contribution in [0.3, 0.4) is 0 Å². The van der Waals surface area contributed by atoms with Crippen molar-refractivity contribution in [3.05, 3.63) is 57.2 Å². The highest BCUT2D eigenvalue weighted by Gasteiger charge is 2.11. The third-order valence-corrected chi connectivity index (χ3v) is 4.17. The predicted molar refractivity (Wildman–Crippen MR) is 95.2 cm³/mol. The Morgan fingerprint density at radius 1 is 1.43 bits per heavy atom. The quantitative estimate of drug-likeness (QED) is 0.412. The Hall–Kier alpha value is -1.45. The number of hydrogen-bond donors (Lipinski definition) is 0. The summed E-state index contributed by atoms with van der Waals surface area (Å²) in [5.41, 5.74) is 6.05. The molecule has 1 heteroatoms. The molecule has 0 amide bonds. The first-order valence-corrected chi connectivity index (χ1v) is 8.01. The number of rotatable bonds is 4. The van der Waals surface area contributed by atoms with Crippen LogP contribution in [-0.2, 0) is 0 Å². The molecule has 0 unspecified atom stereocenters. The number of allylic oxidation sites excluding steroid dienone is 10. The van der Waals surface area contributed by atoms with Gasteiger partial charge < -0.3 is 0 Å². The van der Waals surface area contributed by atoms with Crippen molar-refractivity contribution in [2.45, 2.75) is 53.4 Å². The van der Waals surface area contributed by atoms with E-state index in [9.17, 15) is 0 Å². The van der Waals surface area contributed by atoms with E-state index >= 15 is 0 Å². The lowest BCUT2D eigenvalue weighted by atomic mass is 9.94. The maximum absolute atomic E-state index is 6.66. The molecule has 0 saturated carbocycles. The molecule has 0 spiro atoms. The molecule has 0 nitrogen and oxygen atoms in total. The molecule has 1 aliphatic carbocycles. The average molecular weight is 301 g/mol. The molecule has 0 aromatic heterocycles. The van der Waals surface area contributed by atoms with Crippen LogP contribution in [-0.4, -0.2) is 0 Å². The van der Waals surface area contributed by atoms with Gasteiger partial charge in [-0.05, 0) is 67.9 Å². The number of hydrogen-bond acceptors (Lipinski definition) is 0. The molecule has 0 radical (unpaired) electrons. The second kappa shape index (κ2) is 8.75. The zero-order valence-corrected chi connectivity index (χ0v) is 14.3. The molecule has 0 aliphatic heterocycles. The minimum absolute atomic E-state index is 0.876. The summed E-state index contributed by atoms with van der Waals surface area (Å²) in [5.74, 6) is 2.61. The van der Waals surface area contributed by atoms with Gasteiger partial charge in [-0.3, -0.25) is 0 Å². The molecule has 0 atom stereocenters. The standard InChI is InChI=1S/C20H25Cl/c1-6-10-17(7-2)14-16(5)19-13-15(4)11-9-12-18(8-3)20(19)21/h1,10,12-14H,7-9,11H2,2-5H3/b15-13?,16-14+,17-10-,18-12?,20-19-. The van der Waals surface area contributed by atoms with Crippen LogP contribution in [0.2, 0.25) is 0 Å². The highest BCUT2D eigenvalue weighted by Crippen LogP contribution is 2.32. The minimum Gasteiger partial charge on any atom is -0.115 e. The van der Waals surface area contributed by atoms with Gasteiger partial charge in [-0.2, -0.15) is 0 Å². The zero-order valence-electron chi connectivity index (χ0n) is 13.6. The summed E-state index contributed by atoms with van der Waals surface area (Å²) < 4.78 is 0. The van der Waals surface area contributed by atoms with Crippen LogP contribution in [0.1, 0.15) is 53.4 Å². The number of halogens is 1. The van der Waals surface area contributed by atoms with Crippen molar-refractivity contribution in [3.63, 3.8) is 0 Å². The van der Waals surface area contributed by atoms with Crippen LogP contribution in [0.4, 0.5) is 0 Å². The Morgan fingerprint density at radius 3 is 2.71 bits per heavy atom. The third kappa shape index (κ3) is 5.10. The Morgan fingerprint density at radius 2 is 2.14 bits per heavy atom. The van der Waals surface area contributed by atoms with Gasteiger partial charge in [-0.25, -0.2) is 0 Å². The fraction of sp³-hybridized carbons (Fsp3) is 0.400. The first kappa shape index (κ1) is 17.6. The van der Waals surface area contributed by atoms with E-state index in [-0.39, 0.29) is 0 Å². The zero-order chi connectivity index (χ0) is 15.8. The molecule has 21 heavy (non-hydrogen) atoms. The first-order valence-electron chi connectivity index (χ1n) is 7.63. The molecule has 0 N–H and O–H groups in total. The van der Waals surface area contributed by atoms with Crippen LogP contribution >= 0.6 is 11.6 Å². The van der Waals surface area contributed by atoms with E-state index in [4.69, 9.17) is 18.0 Å². The highest BCUT2D eigenvalue weighted by molar-refractivity contribution is 6.32. The molecular weight excluding hydrogens is 276 g/mol. The maximum Gasteiger partial charge on any atom is 0.0509 e. The number of terminal acetylenes is 1. The normalized spacial score (nSPS) is 21.1. The summed E-state index contributed by atoms with van der Waals surface area (Å²) >= 11 is 6.66. The molecule has 0 heterocycles. The van der Waals surface area contributed by atoms with E-state index in [0.29, 0.717) is 0 Å². The van der Waals surface area contributed by atoms with Crippen molar-refractivity contribution in [2.75, 3.05) is 0 Å². The predicted octanol–water partition coefficient (Wildman–Crippen LogP) is 6.47. The van der Waals surface area contributed by atoms with Gasteiger partial charge in [0.2, 0.25) is 0 Å². The summed E-state index contributed by atoms with van der Waals surface area (Å²) in [5, 5.41) is 0.876. The maximum atomic E-state index is 6.66. The van der Waals surface area contributed by atoms with Crippen molar-refractivity contribution in [1.29, 1.82) is 0 Å². The summed E-state index contributed by atoms with van der Waals surface area (Å²) in [7, 11) is 0. The van der Waals surface area contributed by atoms with E-state index in [1.165, 1.54) is 16.7 Å².